The van der Waals surface area contributed by atoms with E-state index >= 15 is 0 Å². The van der Waals surface area contributed by atoms with Crippen molar-refractivity contribution in [3.63, 3.8) is 0 Å². The van der Waals surface area contributed by atoms with Crippen LogP contribution in [0.3, 0.4) is 0 Å². The van der Waals surface area contributed by atoms with Gasteiger partial charge in [-0.15, -0.1) is 0 Å². The number of pyridine rings is 1. The fourth-order valence-electron chi connectivity index (χ4n) is 5.14. The van der Waals surface area contributed by atoms with Gasteiger partial charge in [0, 0.05) is 18.2 Å². The number of alkyl carbamates (subject to hydrolysis) is 2. The SMILES string of the molecule is COc1ccc2ccc(=O)n([C@@H](CC3CCC(NC(=O)OCc4ccccc4)CC3)NC(=O)OC(C)(C)C)c2c1. The van der Waals surface area contributed by atoms with E-state index in [0.717, 1.165) is 36.6 Å². The van der Waals surface area contributed by atoms with Gasteiger partial charge in [0.2, 0.25) is 0 Å². The summed E-state index contributed by atoms with van der Waals surface area (Å²) in [7, 11) is 1.58. The zero-order valence-corrected chi connectivity index (χ0v) is 23.6. The number of nitrogens with zero attached hydrogens (tertiary/aromatic N) is 1. The summed E-state index contributed by atoms with van der Waals surface area (Å²) >= 11 is 0. The Balaban J connectivity index is 1.44. The van der Waals surface area contributed by atoms with Crippen molar-refractivity contribution in [3.05, 3.63) is 76.6 Å². The van der Waals surface area contributed by atoms with Crippen LogP contribution < -0.4 is 20.9 Å². The van der Waals surface area contributed by atoms with Gasteiger partial charge >= 0.3 is 12.2 Å². The summed E-state index contributed by atoms with van der Waals surface area (Å²) in [6, 6.07) is 18.4. The van der Waals surface area contributed by atoms with Gasteiger partial charge in [-0.25, -0.2) is 9.59 Å². The van der Waals surface area contributed by atoms with E-state index < -0.39 is 24.0 Å². The van der Waals surface area contributed by atoms with E-state index in [0.29, 0.717) is 17.7 Å². The summed E-state index contributed by atoms with van der Waals surface area (Å²) in [5.74, 6) is 0.847. The number of amides is 2. The van der Waals surface area contributed by atoms with E-state index in [1.165, 1.54) is 6.07 Å². The highest BCUT2D eigenvalue weighted by Gasteiger charge is 2.29. The lowest BCUT2D eigenvalue weighted by molar-refractivity contribution is 0.0466. The molecular weight excluding hydrogens is 510 g/mol. The Kier molecular flexibility index (Phi) is 9.34. The maximum absolute atomic E-state index is 13.2. The Morgan fingerprint density at radius 3 is 2.35 bits per heavy atom. The molecule has 0 unspecified atom stereocenters. The molecule has 0 aliphatic heterocycles. The molecule has 1 aromatic heterocycles. The van der Waals surface area contributed by atoms with Crippen LogP contribution in [0, 0.1) is 5.92 Å². The van der Waals surface area contributed by atoms with Crippen molar-refractivity contribution in [2.24, 2.45) is 5.92 Å². The van der Waals surface area contributed by atoms with E-state index in [1.54, 1.807) is 38.5 Å². The van der Waals surface area contributed by atoms with Crippen molar-refractivity contribution in [3.8, 4) is 5.75 Å². The molecule has 1 aliphatic carbocycles. The number of aromatic nitrogens is 1. The van der Waals surface area contributed by atoms with Crippen LogP contribution in [0.25, 0.3) is 10.9 Å². The number of hydrogen-bond acceptors (Lipinski definition) is 6. The summed E-state index contributed by atoms with van der Waals surface area (Å²) in [6.45, 7) is 5.63. The van der Waals surface area contributed by atoms with Crippen LogP contribution in [0.15, 0.2) is 65.5 Å². The lowest BCUT2D eigenvalue weighted by Crippen LogP contribution is -2.42. The number of rotatable bonds is 8. The number of carbonyl (C=O) groups excluding carboxylic acids is 2. The van der Waals surface area contributed by atoms with E-state index in [2.05, 4.69) is 10.6 Å². The van der Waals surface area contributed by atoms with Crippen LogP contribution in [0.4, 0.5) is 9.59 Å². The number of benzene rings is 2. The van der Waals surface area contributed by atoms with Gasteiger partial charge in [0.15, 0.2) is 0 Å². The molecule has 1 fully saturated rings. The second kappa shape index (κ2) is 12.9. The van der Waals surface area contributed by atoms with Gasteiger partial charge < -0.3 is 24.8 Å². The normalized spacial score (nSPS) is 18.0. The highest BCUT2D eigenvalue weighted by atomic mass is 16.6. The molecule has 40 heavy (non-hydrogen) atoms. The van der Waals surface area contributed by atoms with E-state index in [1.807, 2.05) is 48.5 Å². The van der Waals surface area contributed by atoms with Crippen LogP contribution in [-0.2, 0) is 16.1 Å². The first kappa shape index (κ1) is 29.0. The molecular formula is C31H39N3O6. The van der Waals surface area contributed by atoms with Crippen LogP contribution in [0.5, 0.6) is 5.75 Å². The predicted octanol–water partition coefficient (Wildman–Crippen LogP) is 5.91. The molecule has 214 valence electrons. The minimum Gasteiger partial charge on any atom is -0.497 e. The number of fused-ring (bicyclic) bond motifs is 1. The summed E-state index contributed by atoms with van der Waals surface area (Å²) in [5, 5.41) is 6.79. The van der Waals surface area contributed by atoms with Crippen molar-refractivity contribution in [2.75, 3.05) is 7.11 Å². The second-order valence-electron chi connectivity index (χ2n) is 11.3. The van der Waals surface area contributed by atoms with Crippen molar-refractivity contribution in [1.82, 2.24) is 15.2 Å². The van der Waals surface area contributed by atoms with Gasteiger partial charge in [-0.1, -0.05) is 30.3 Å². The summed E-state index contributed by atoms with van der Waals surface area (Å²) in [5.41, 5.74) is 0.703. The molecule has 9 heteroatoms. The minimum absolute atomic E-state index is 0.0151. The molecule has 9 nitrogen and oxygen atoms in total. The first-order valence-corrected chi connectivity index (χ1v) is 13.8. The third-order valence-corrected chi connectivity index (χ3v) is 7.07. The molecule has 1 saturated carbocycles. The van der Waals surface area contributed by atoms with Gasteiger partial charge in [0.05, 0.1) is 12.6 Å². The molecule has 2 N–H and O–H groups in total. The number of ether oxygens (including phenoxy) is 3. The highest BCUT2D eigenvalue weighted by Crippen LogP contribution is 2.32. The van der Waals surface area contributed by atoms with Crippen LogP contribution in [-0.4, -0.2) is 35.5 Å². The quantitative estimate of drug-likeness (QED) is 0.362. The van der Waals surface area contributed by atoms with E-state index in [-0.39, 0.29) is 24.1 Å². The molecule has 1 aliphatic rings. The highest BCUT2D eigenvalue weighted by molar-refractivity contribution is 5.81. The fourth-order valence-corrected chi connectivity index (χ4v) is 5.14. The molecule has 0 bridgehead atoms. The maximum Gasteiger partial charge on any atom is 0.409 e. The van der Waals surface area contributed by atoms with Crippen LogP contribution in [0.1, 0.15) is 64.6 Å². The molecule has 3 aromatic rings. The first-order chi connectivity index (χ1) is 19.1. The molecule has 1 heterocycles. The number of nitrogens with one attached hydrogen (secondary N) is 2. The Morgan fingerprint density at radius 2 is 1.68 bits per heavy atom. The van der Waals surface area contributed by atoms with Crippen LogP contribution in [0.2, 0.25) is 0 Å². The Labute approximate surface area is 234 Å². The maximum atomic E-state index is 13.2. The molecule has 2 aromatic carbocycles. The fraction of sp³-hybridized carbons (Fsp3) is 0.452. The third-order valence-electron chi connectivity index (χ3n) is 7.07. The van der Waals surface area contributed by atoms with Gasteiger partial charge in [0.1, 0.15) is 24.1 Å². The smallest absolute Gasteiger partial charge is 0.409 e. The monoisotopic (exact) mass is 549 g/mol. The summed E-state index contributed by atoms with van der Waals surface area (Å²) < 4.78 is 17.9. The molecule has 4 rings (SSSR count). The van der Waals surface area contributed by atoms with Gasteiger partial charge in [-0.05, 0) is 87.9 Å². The first-order valence-electron chi connectivity index (χ1n) is 13.8. The van der Waals surface area contributed by atoms with Crippen molar-refractivity contribution in [2.45, 2.75) is 77.3 Å². The van der Waals surface area contributed by atoms with Crippen molar-refractivity contribution < 1.29 is 23.8 Å². The molecule has 1 atom stereocenters. The average molecular weight is 550 g/mol. The van der Waals surface area contributed by atoms with E-state index in [4.69, 9.17) is 14.2 Å². The number of hydrogen-bond donors (Lipinski definition) is 2. The van der Waals surface area contributed by atoms with E-state index in [9.17, 15) is 14.4 Å². The zero-order chi connectivity index (χ0) is 28.7. The third kappa shape index (κ3) is 8.00. The van der Waals surface area contributed by atoms with Gasteiger partial charge in [0.25, 0.3) is 5.56 Å². The number of methoxy groups -OCH3 is 1. The largest absolute Gasteiger partial charge is 0.497 e. The average Bonchev–Trinajstić information content (AvgIpc) is 2.92. The second-order valence-corrected chi connectivity index (χ2v) is 11.3. The summed E-state index contributed by atoms with van der Waals surface area (Å²) in [6.07, 6.45) is 2.14. The van der Waals surface area contributed by atoms with Crippen molar-refractivity contribution in [1.29, 1.82) is 0 Å². The Hall–Kier alpha value is -4.01. The van der Waals surface area contributed by atoms with Gasteiger partial charge in [-0.3, -0.25) is 9.36 Å². The predicted molar refractivity (Wildman–Crippen MR) is 153 cm³/mol. The minimum atomic E-state index is -0.680. The Bertz CT molecular complexity index is 1360. The molecule has 0 spiro atoms. The summed E-state index contributed by atoms with van der Waals surface area (Å²) in [4.78, 5) is 38.4. The lowest BCUT2D eigenvalue weighted by atomic mass is 9.83. The standard InChI is InChI=1S/C31H39N3O6/c1-31(2,3)40-30(37)33-27(34-26-19-25(38-4)16-12-23(26)13-17-28(34)35)18-21-10-14-24(15-11-21)32-29(36)39-20-22-8-6-5-7-9-22/h5-9,12-13,16-17,19,21,24,27H,10-11,14-15,18,20H2,1-4H3,(H,32,36)(H,33,37)/t21?,24?,27-/m0/s1. The van der Waals surface area contributed by atoms with Gasteiger partial charge in [-0.2, -0.15) is 0 Å². The molecule has 0 radical (unpaired) electrons. The lowest BCUT2D eigenvalue weighted by Gasteiger charge is -2.33. The topological polar surface area (TPSA) is 108 Å². The van der Waals surface area contributed by atoms with Crippen molar-refractivity contribution >= 4 is 23.1 Å². The molecule has 0 saturated heterocycles. The van der Waals surface area contributed by atoms with Crippen LogP contribution >= 0.6 is 0 Å². The molecule has 2 amide bonds. The zero-order valence-electron chi connectivity index (χ0n) is 23.6. The Morgan fingerprint density at radius 1 is 0.975 bits per heavy atom. The number of carbonyl (C=O) groups is 2.